The lowest BCUT2D eigenvalue weighted by Crippen LogP contribution is -2.50. The van der Waals surface area contributed by atoms with Crippen LogP contribution >= 0.6 is 0 Å². The lowest BCUT2D eigenvalue weighted by atomic mass is 10.2. The van der Waals surface area contributed by atoms with Gasteiger partial charge in [0.1, 0.15) is 5.60 Å². The average molecular weight is 1120 g/mol. The quantitative estimate of drug-likeness (QED) is 0.151. The van der Waals surface area contributed by atoms with Crippen LogP contribution in [0.2, 0.25) is 0 Å². The van der Waals surface area contributed by atoms with Crippen LogP contribution in [0.25, 0.3) is 0 Å². The second kappa shape index (κ2) is 38.3. The van der Waals surface area contributed by atoms with Crippen molar-refractivity contribution in [1.82, 2.24) is 80.1 Å². The number of hydrogen-bond acceptors (Lipinski definition) is 18. The fourth-order valence-corrected chi connectivity index (χ4v) is 9.02. The van der Waals surface area contributed by atoms with E-state index in [-0.39, 0.29) is 35.8 Å². The highest BCUT2D eigenvalue weighted by Crippen LogP contribution is 2.31. The molecule has 8 rings (SSSR count). The minimum Gasteiger partial charge on any atom is -0.453 e. The Balaban J connectivity index is 0.000000308. The molecule has 7 saturated heterocycles. The second-order valence-electron chi connectivity index (χ2n) is 20.3. The maximum Gasteiger partial charge on any atom is 0.410 e. The molecule has 27 nitrogen and oxygen atoms in total. The first-order chi connectivity index (χ1) is 36.6. The minimum atomic E-state index is -3.17. The first kappa shape index (κ1) is 68.7. The van der Waals surface area contributed by atoms with Crippen molar-refractivity contribution >= 4 is 46.3 Å². The van der Waals surface area contributed by atoms with Gasteiger partial charge in [-0.1, -0.05) is 0 Å². The molecule has 0 unspecified atom stereocenters. The van der Waals surface area contributed by atoms with Crippen LogP contribution in [0.4, 0.5) is 19.2 Å². The molecule has 7 heterocycles. The molecule has 7 amide bonds. The molecule has 448 valence electrons. The summed E-state index contributed by atoms with van der Waals surface area (Å²) < 4.78 is 40.4. The van der Waals surface area contributed by atoms with Crippen LogP contribution in [0.5, 0.6) is 0 Å². The molecule has 1 saturated carbocycles. The van der Waals surface area contributed by atoms with Crippen LogP contribution in [-0.2, 0) is 34.0 Å². The van der Waals surface area contributed by atoms with Gasteiger partial charge in [0.25, 0.3) is 10.2 Å². The van der Waals surface area contributed by atoms with Crippen molar-refractivity contribution in [2.75, 3.05) is 225 Å². The van der Waals surface area contributed by atoms with E-state index >= 15 is 0 Å². The predicted molar refractivity (Wildman–Crippen MR) is 297 cm³/mol. The molecule has 28 heteroatoms. The Bertz CT molecular complexity index is 1760. The zero-order chi connectivity index (χ0) is 57.2. The fraction of sp³-hybridized carbons (Fsp3) is 0.878. The van der Waals surface area contributed by atoms with E-state index in [1.165, 1.54) is 15.7 Å². The number of nitrogens with zero attached hydrogens (tertiary/aromatic N) is 9. The Morgan fingerprint density at radius 3 is 1.12 bits per heavy atom. The van der Waals surface area contributed by atoms with Crippen molar-refractivity contribution in [1.29, 1.82) is 0 Å². The van der Waals surface area contributed by atoms with E-state index in [0.29, 0.717) is 31.5 Å². The lowest BCUT2D eigenvalue weighted by molar-refractivity contribution is -0.133. The summed E-state index contributed by atoms with van der Waals surface area (Å²) in [4.78, 5) is 79.4. The van der Waals surface area contributed by atoms with Crippen molar-refractivity contribution in [3.05, 3.63) is 0 Å². The molecule has 0 atom stereocenters. The SMILES string of the molecule is CC(=O)N1CCNCC1.CC(C)(C)OC(=O)N1CCNCC1.CCOC(=O)N1CCNCC1.CN(C)C(=O)N1CCNCC1.CN(C)S(=O)(=O)N1CCNCC1.COC(=O)N1CCNCC1.O=C(C1CC1)N1CCNCC1. The van der Waals surface area contributed by atoms with Crippen molar-refractivity contribution in [2.24, 2.45) is 5.92 Å². The van der Waals surface area contributed by atoms with Gasteiger partial charge in [0.05, 0.1) is 13.7 Å². The maximum atomic E-state index is 11.5. The van der Waals surface area contributed by atoms with Gasteiger partial charge in [-0.15, -0.1) is 0 Å². The molecule has 7 N–H and O–H groups in total. The summed E-state index contributed by atoms with van der Waals surface area (Å²) in [5.41, 5.74) is -0.387. The van der Waals surface area contributed by atoms with Gasteiger partial charge < -0.3 is 85.7 Å². The molecule has 7 aliphatic heterocycles. The van der Waals surface area contributed by atoms with Gasteiger partial charge in [-0.2, -0.15) is 17.0 Å². The van der Waals surface area contributed by atoms with Crippen LogP contribution in [0.1, 0.15) is 47.5 Å². The monoisotopic (exact) mass is 1120 g/mol. The average Bonchev–Trinajstić information content (AvgIpc) is 4.31. The molecular formula is C49H100N16O11S. The number of methoxy groups -OCH3 is 1. The van der Waals surface area contributed by atoms with E-state index in [1.807, 2.05) is 42.4 Å². The fourth-order valence-electron chi connectivity index (χ4n) is 7.91. The first-order valence-corrected chi connectivity index (χ1v) is 28.9. The summed E-state index contributed by atoms with van der Waals surface area (Å²) in [6, 6.07) is 0.117. The molecule has 1 aliphatic carbocycles. The summed E-state index contributed by atoms with van der Waals surface area (Å²) >= 11 is 0. The highest BCUT2D eigenvalue weighted by atomic mass is 32.2. The van der Waals surface area contributed by atoms with Crippen LogP contribution < -0.4 is 37.2 Å². The van der Waals surface area contributed by atoms with Gasteiger partial charge in [-0.3, -0.25) is 9.59 Å². The molecule has 0 bridgehead atoms. The molecular weight excluding hydrogens is 1020 g/mol. The van der Waals surface area contributed by atoms with Gasteiger partial charge in [-0.05, 0) is 40.5 Å². The number of rotatable bonds is 4. The molecule has 77 heavy (non-hydrogen) atoms. The summed E-state index contributed by atoms with van der Waals surface area (Å²) in [5, 5.41) is 22.2. The van der Waals surface area contributed by atoms with Gasteiger partial charge in [-0.25, -0.2) is 19.2 Å². The number of piperazine rings is 7. The largest absolute Gasteiger partial charge is 0.453 e. The third-order valence-corrected chi connectivity index (χ3v) is 14.5. The molecule has 8 aliphatic rings. The maximum absolute atomic E-state index is 11.5. The normalized spacial score (nSPS) is 20.0. The smallest absolute Gasteiger partial charge is 0.410 e. The minimum absolute atomic E-state index is 0.117. The van der Waals surface area contributed by atoms with Gasteiger partial charge in [0, 0.05) is 224 Å². The van der Waals surface area contributed by atoms with E-state index < -0.39 is 10.2 Å². The number of carbonyl (C=O) groups excluding carboxylic acids is 6. The van der Waals surface area contributed by atoms with Crippen LogP contribution in [-0.4, -0.2) is 318 Å². The Hall–Kier alpha value is -4.39. The molecule has 0 spiro atoms. The van der Waals surface area contributed by atoms with Crippen molar-refractivity contribution < 1.29 is 51.4 Å². The zero-order valence-electron chi connectivity index (χ0n) is 48.4. The Labute approximate surface area is 460 Å². The van der Waals surface area contributed by atoms with E-state index in [1.54, 1.807) is 54.7 Å². The van der Waals surface area contributed by atoms with Crippen LogP contribution in [0.15, 0.2) is 0 Å². The Morgan fingerprint density at radius 1 is 0.494 bits per heavy atom. The number of ether oxygens (including phenoxy) is 3. The van der Waals surface area contributed by atoms with Crippen molar-refractivity contribution in [3.8, 4) is 0 Å². The predicted octanol–water partition coefficient (Wildman–Crippen LogP) is -1.93. The first-order valence-electron chi connectivity index (χ1n) is 27.5. The molecule has 0 radical (unpaired) electrons. The van der Waals surface area contributed by atoms with E-state index in [0.717, 1.165) is 183 Å². The number of hydrogen-bond donors (Lipinski definition) is 7. The van der Waals surface area contributed by atoms with E-state index in [4.69, 9.17) is 9.47 Å². The topological polar surface area (TPSA) is 278 Å². The zero-order valence-corrected chi connectivity index (χ0v) is 49.2. The van der Waals surface area contributed by atoms with Crippen molar-refractivity contribution in [2.45, 2.75) is 53.1 Å². The van der Waals surface area contributed by atoms with Crippen molar-refractivity contribution in [3.63, 3.8) is 0 Å². The van der Waals surface area contributed by atoms with Gasteiger partial charge in [0.2, 0.25) is 11.8 Å². The van der Waals surface area contributed by atoms with E-state index in [2.05, 4.69) is 42.0 Å². The third-order valence-electron chi connectivity index (χ3n) is 12.5. The highest BCUT2D eigenvalue weighted by Gasteiger charge is 2.33. The number of amides is 7. The second-order valence-corrected chi connectivity index (χ2v) is 22.5. The van der Waals surface area contributed by atoms with Crippen LogP contribution in [0.3, 0.4) is 0 Å². The number of urea groups is 1. The highest BCUT2D eigenvalue weighted by molar-refractivity contribution is 7.86. The van der Waals surface area contributed by atoms with E-state index in [9.17, 15) is 37.2 Å². The summed E-state index contributed by atoms with van der Waals surface area (Å²) in [5.74, 6) is 0.983. The molecule has 8 fully saturated rings. The lowest BCUT2D eigenvalue weighted by Gasteiger charge is -2.30. The molecule has 0 aromatic rings. The molecule has 0 aromatic heterocycles. The van der Waals surface area contributed by atoms with Crippen LogP contribution in [0, 0.1) is 5.92 Å². The van der Waals surface area contributed by atoms with Gasteiger partial charge >= 0.3 is 24.3 Å². The third kappa shape index (κ3) is 29.4. The number of carbonyl (C=O) groups is 6. The summed E-state index contributed by atoms with van der Waals surface area (Å²) in [7, 11) is 4.90. The Kier molecular flexibility index (Phi) is 34.1. The standard InChI is InChI=1S/C9H18N2O2.C8H14N2O.C7H15N3O.C7H14N2O2.C6H15N3O2S.C6H12N2O2.C6H12N2O/c1-9(2,3)13-8(12)11-6-4-10-5-7-11;11-8(7-1-2-7)10-5-3-9-4-6-10;1-9(2)7(11)10-5-3-8-4-6-10;1-2-11-7(10)9-5-3-8-4-6-9;1-8(2)12(10,11)9-5-3-7-4-6-9;1-10-6(9)8-4-2-7-3-5-8;1-6(9)8-4-2-7-3-5-8/h10H,4-7H2,1-3H3;7,9H,1-6H2;8H,3-6H2,1-2H3;8H,2-6H2,1H3;7H,3-6H2,1-2H3;7H,2-5H2,1H3;7H,2-5H2,1H3. The summed E-state index contributed by atoms with van der Waals surface area (Å²) in [6.45, 7) is 32.8. The summed E-state index contributed by atoms with van der Waals surface area (Å²) in [6.07, 6.45) is 1.65. The Morgan fingerprint density at radius 2 is 0.818 bits per heavy atom. The number of nitrogens with one attached hydrogen (secondary N) is 7. The molecule has 0 aromatic carbocycles. The van der Waals surface area contributed by atoms with Gasteiger partial charge in [0.15, 0.2) is 0 Å².